The van der Waals surface area contributed by atoms with Gasteiger partial charge in [0.05, 0.1) is 40.6 Å². The molecule has 4 amide bonds. The predicted octanol–water partition coefficient (Wildman–Crippen LogP) is 10.5. The van der Waals surface area contributed by atoms with Gasteiger partial charge in [-0.05, 0) is 185 Å². The van der Waals surface area contributed by atoms with Crippen molar-refractivity contribution in [2.24, 2.45) is 11.8 Å². The Kier molecular flexibility index (Phi) is 19.0. The third kappa shape index (κ3) is 15.4. The van der Waals surface area contributed by atoms with E-state index in [0.29, 0.717) is 80.6 Å². The molecule has 24 heteroatoms. The van der Waals surface area contributed by atoms with Crippen LogP contribution in [0, 0.1) is 25.7 Å². The van der Waals surface area contributed by atoms with Gasteiger partial charge in [-0.15, -0.1) is 0 Å². The number of fused-ring (bicyclic) bond motifs is 2. The molecule has 2 saturated carbocycles. The van der Waals surface area contributed by atoms with E-state index in [2.05, 4.69) is 133 Å². The Morgan fingerprint density at radius 2 is 1.05 bits per heavy atom. The van der Waals surface area contributed by atoms with Gasteiger partial charge in [-0.25, -0.2) is 29.5 Å². The van der Waals surface area contributed by atoms with E-state index in [1.165, 1.54) is 24.1 Å². The minimum absolute atomic E-state index is 0.0714. The van der Waals surface area contributed by atoms with E-state index in [9.17, 15) is 19.2 Å². The van der Waals surface area contributed by atoms with Gasteiger partial charge in [-0.3, -0.25) is 9.59 Å². The molecule has 2 aliphatic carbocycles. The molecule has 6 aromatic rings. The third-order valence-corrected chi connectivity index (χ3v) is 19.0. The number of carbonyl (C=O) groups is 4. The Morgan fingerprint density at radius 3 is 1.47 bits per heavy atom. The predicted molar refractivity (Wildman–Crippen MR) is 359 cm³/mol. The summed E-state index contributed by atoms with van der Waals surface area (Å²) in [5.74, 6) is 1.63. The van der Waals surface area contributed by atoms with Crippen LogP contribution < -0.4 is 35.4 Å². The number of benzene rings is 2. The van der Waals surface area contributed by atoms with Crippen LogP contribution in [-0.4, -0.2) is 170 Å². The van der Waals surface area contributed by atoms with Gasteiger partial charge < -0.3 is 67.6 Å². The SMILES string of the molecule is C[C@@H](Oc1nc(Br)cc2ncn(C3CC3)c12)[C@H]1CNC(=O)C1.Cc1cc(-c2cc3ncn(C4CC4)c3c(O[C@H](C)[C@H]3CNC(=O)C3)n2)ccc1N1CCN(C(=O)OC(C)(C)C)CC1.Cc1cc(B2OC(C)(C)C(C)(C)O2)ccc1N1CCN(C(=O)OC(C)(C)C)CC1. The average molecular weight is 1330 g/mol. The van der Waals surface area contributed by atoms with Crippen molar-refractivity contribution < 1.29 is 47.4 Å². The van der Waals surface area contributed by atoms with E-state index in [1.807, 2.05) is 80.2 Å². The number of nitrogens with one attached hydrogen (secondary N) is 2. The van der Waals surface area contributed by atoms with Gasteiger partial charge in [0, 0.05) is 119 Å². The number of halogens is 1. The van der Waals surface area contributed by atoms with E-state index < -0.39 is 11.2 Å². The molecule has 22 nitrogen and oxygen atoms in total. The number of anilines is 2. The van der Waals surface area contributed by atoms with Crippen LogP contribution in [0.2, 0.25) is 0 Å². The smallest absolute Gasteiger partial charge is 0.473 e. The van der Waals surface area contributed by atoms with Gasteiger partial charge in [-0.2, -0.15) is 0 Å². The molecule has 4 atom stereocenters. The highest BCUT2D eigenvalue weighted by atomic mass is 79.9. The molecule has 9 heterocycles. The molecular formula is C68H92BBrN12O10. The number of aryl methyl sites for hydroxylation is 2. The Balaban J connectivity index is 0.000000149. The summed E-state index contributed by atoms with van der Waals surface area (Å²) in [6, 6.07) is 17.7. The summed E-state index contributed by atoms with van der Waals surface area (Å²) >= 11 is 3.42. The van der Waals surface area contributed by atoms with E-state index in [-0.39, 0.29) is 66.4 Å². The molecule has 7 fully saturated rings. The lowest BCUT2D eigenvalue weighted by molar-refractivity contribution is -0.120. The van der Waals surface area contributed by atoms with Crippen LogP contribution in [0.15, 0.2) is 65.8 Å². The number of ether oxygens (including phenoxy) is 4. The van der Waals surface area contributed by atoms with Crippen LogP contribution in [-0.2, 0) is 28.4 Å². The van der Waals surface area contributed by atoms with Crippen LogP contribution in [0.5, 0.6) is 11.8 Å². The fourth-order valence-electron chi connectivity index (χ4n) is 12.3. The number of rotatable bonds is 12. The largest absolute Gasteiger partial charge is 0.494 e. The molecule has 5 saturated heterocycles. The van der Waals surface area contributed by atoms with E-state index in [4.69, 9.17) is 38.2 Å². The van der Waals surface area contributed by atoms with E-state index >= 15 is 0 Å². The first-order chi connectivity index (χ1) is 43.5. The minimum Gasteiger partial charge on any atom is -0.473 e. The summed E-state index contributed by atoms with van der Waals surface area (Å²) in [7, 11) is -0.350. The second-order valence-corrected chi connectivity index (χ2v) is 29.6. The second-order valence-electron chi connectivity index (χ2n) is 28.8. The lowest BCUT2D eigenvalue weighted by atomic mass is 9.78. The van der Waals surface area contributed by atoms with Crippen LogP contribution in [0.25, 0.3) is 33.3 Å². The van der Waals surface area contributed by atoms with E-state index in [1.54, 1.807) is 9.80 Å². The molecule has 13 rings (SSSR count). The van der Waals surface area contributed by atoms with Gasteiger partial charge in [0.25, 0.3) is 0 Å². The van der Waals surface area contributed by atoms with Crippen molar-refractivity contribution in [3.8, 4) is 23.0 Å². The van der Waals surface area contributed by atoms with E-state index in [0.717, 1.165) is 89.1 Å². The fourth-order valence-corrected chi connectivity index (χ4v) is 12.7. The highest BCUT2D eigenvalue weighted by molar-refractivity contribution is 9.10. The van der Waals surface area contributed by atoms with Crippen molar-refractivity contribution in [3.63, 3.8) is 0 Å². The molecule has 4 aromatic heterocycles. The summed E-state index contributed by atoms with van der Waals surface area (Å²) in [5, 5.41) is 5.77. The number of amides is 4. The number of pyridine rings is 2. The van der Waals surface area contributed by atoms with Crippen LogP contribution in [0.1, 0.15) is 145 Å². The quantitative estimate of drug-likeness (QED) is 0.0859. The number of hydrogen-bond donors (Lipinski definition) is 2. The number of nitrogens with zero attached hydrogens (tertiary/aromatic N) is 10. The van der Waals surface area contributed by atoms with Crippen molar-refractivity contribution >= 4 is 86.0 Å². The van der Waals surface area contributed by atoms with Crippen LogP contribution in [0.4, 0.5) is 21.0 Å². The topological polar surface area (TPSA) is 222 Å². The maximum Gasteiger partial charge on any atom is 0.494 e. The summed E-state index contributed by atoms with van der Waals surface area (Å²) in [4.78, 5) is 74.9. The number of hydrogen-bond acceptors (Lipinski definition) is 16. The number of imidazole rings is 2. The molecule has 494 valence electrons. The molecule has 7 aliphatic rings. The van der Waals surface area contributed by atoms with Gasteiger partial charge in [0.15, 0.2) is 0 Å². The highest BCUT2D eigenvalue weighted by Crippen LogP contribution is 2.43. The lowest BCUT2D eigenvalue weighted by Crippen LogP contribution is -2.50. The first-order valence-electron chi connectivity index (χ1n) is 32.8. The summed E-state index contributed by atoms with van der Waals surface area (Å²) in [6.45, 7) is 34.8. The zero-order valence-electron chi connectivity index (χ0n) is 56.1. The lowest BCUT2D eigenvalue weighted by Gasteiger charge is -2.37. The molecular weight excluding hydrogens is 1240 g/mol. The Morgan fingerprint density at radius 1 is 0.620 bits per heavy atom. The summed E-state index contributed by atoms with van der Waals surface area (Å²) in [6.07, 6.45) is 8.66. The normalized spacial score (nSPS) is 21.3. The molecule has 5 aliphatic heterocycles. The maximum atomic E-state index is 12.5. The summed E-state index contributed by atoms with van der Waals surface area (Å²) in [5.41, 5.74) is 9.50. The standard InChI is InChI=1S/C31H40N6O4.C22H35BN2O4.C15H17BrN4O2/c1-19-14-21(6-9-26(19)35-10-12-36(13-11-35)30(39)41-31(3,4)5)24-16-25-28(37(18-33-25)23-7-8-23)29(34-24)40-20(2)22-15-27(38)32-17-22;1-16-15-17(23-28-21(5,6)22(7,8)29-23)9-10-18(16)24-11-13-25(14-12-24)19(26)27-20(2,3)4;1-8(9-4-13(21)17-6-9)22-15-14-11(5-12(16)19-15)18-7-20(14)10-2-3-10/h6,9,14,16,18,20,22-23H,7-8,10-13,15,17H2,1-5H3,(H,32,38);9-10,15H,11-14H2,1-8H3;5,7-10H,2-4,6H2,1H3,(H,17,21)/t20-,22-;;8-,9-/m1.1/s1. The van der Waals surface area contributed by atoms with Gasteiger partial charge in [0.2, 0.25) is 23.6 Å². The Bertz CT molecular complexity index is 3690. The van der Waals surface area contributed by atoms with Crippen molar-refractivity contribution in [1.29, 1.82) is 0 Å². The molecule has 0 radical (unpaired) electrons. The Hall–Kier alpha value is -7.18. The first kappa shape index (κ1) is 66.3. The summed E-state index contributed by atoms with van der Waals surface area (Å²) < 4.78 is 41.1. The highest BCUT2D eigenvalue weighted by Gasteiger charge is 2.52. The average Bonchev–Trinajstić information content (AvgIpc) is 1.58. The molecule has 0 bridgehead atoms. The zero-order valence-corrected chi connectivity index (χ0v) is 57.6. The van der Waals surface area contributed by atoms with Gasteiger partial charge in [-0.1, -0.05) is 18.2 Å². The Labute approximate surface area is 549 Å². The zero-order chi connectivity index (χ0) is 65.8. The fraction of sp³-hybridized carbons (Fsp3) is 0.588. The molecule has 0 spiro atoms. The first-order valence-corrected chi connectivity index (χ1v) is 33.6. The monoisotopic (exact) mass is 1330 g/mol. The number of aromatic nitrogens is 6. The number of carbonyl (C=O) groups excluding carboxylic acids is 4. The van der Waals surface area contributed by atoms with Crippen LogP contribution in [0.3, 0.4) is 0 Å². The van der Waals surface area contributed by atoms with Crippen molar-refractivity contribution in [1.82, 2.24) is 49.5 Å². The molecule has 92 heavy (non-hydrogen) atoms. The third-order valence-electron chi connectivity index (χ3n) is 18.6. The second kappa shape index (κ2) is 26.3. The van der Waals surface area contributed by atoms with Crippen LogP contribution >= 0.6 is 15.9 Å². The van der Waals surface area contributed by atoms with Gasteiger partial charge >= 0.3 is 19.3 Å². The molecule has 0 unspecified atom stereocenters. The number of piperazine rings is 2. The van der Waals surface area contributed by atoms with Crippen molar-refractivity contribution in [2.75, 3.05) is 75.2 Å². The van der Waals surface area contributed by atoms with Crippen molar-refractivity contribution in [3.05, 3.63) is 76.9 Å². The van der Waals surface area contributed by atoms with Gasteiger partial charge in [0.1, 0.15) is 39.0 Å². The molecule has 2 N–H and O–H groups in total. The molecule has 2 aromatic carbocycles. The van der Waals surface area contributed by atoms with Crippen molar-refractivity contribution in [2.45, 2.75) is 182 Å². The maximum absolute atomic E-state index is 12.5. The minimum atomic E-state index is -0.497.